The summed E-state index contributed by atoms with van der Waals surface area (Å²) in [6.07, 6.45) is 1.74. The molecule has 148 valence electrons. The Labute approximate surface area is 173 Å². The van der Waals surface area contributed by atoms with Crippen molar-refractivity contribution >= 4 is 34.2 Å². The Balaban J connectivity index is 1.38. The maximum Gasteiger partial charge on any atom is 0.291 e. The second kappa shape index (κ2) is 7.52. The number of fused-ring (bicyclic) bond motifs is 2. The summed E-state index contributed by atoms with van der Waals surface area (Å²) >= 11 is 0. The quantitative estimate of drug-likeness (QED) is 0.513. The monoisotopic (exact) mass is 396 g/mol. The van der Waals surface area contributed by atoms with Gasteiger partial charge in [-0.25, -0.2) is 0 Å². The summed E-state index contributed by atoms with van der Waals surface area (Å²) in [4.78, 5) is 27.4. The fourth-order valence-corrected chi connectivity index (χ4v) is 3.91. The predicted molar refractivity (Wildman–Crippen MR) is 117 cm³/mol. The Bertz CT molecular complexity index is 1210. The lowest BCUT2D eigenvalue weighted by Gasteiger charge is -2.30. The molecule has 4 aromatic rings. The topological polar surface area (TPSA) is 62.6 Å². The minimum atomic E-state index is -0.292. The minimum Gasteiger partial charge on any atom is -0.451 e. The van der Waals surface area contributed by atoms with E-state index in [1.165, 1.54) is 0 Å². The summed E-state index contributed by atoms with van der Waals surface area (Å²) in [6, 6.07) is 24.3. The van der Waals surface area contributed by atoms with E-state index in [1.54, 1.807) is 6.07 Å². The number of carbonyl (C=O) groups is 2. The van der Waals surface area contributed by atoms with Gasteiger partial charge < -0.3 is 14.6 Å². The van der Waals surface area contributed by atoms with Crippen LogP contribution in [0, 0.1) is 0 Å². The third-order valence-corrected chi connectivity index (χ3v) is 5.37. The molecule has 5 rings (SSSR count). The van der Waals surface area contributed by atoms with Gasteiger partial charge in [0.2, 0.25) is 0 Å². The Hall–Kier alpha value is -3.86. The first-order chi connectivity index (χ1) is 14.7. The SMILES string of the molecule is O=C(Nc1ccc2c(c1)CCCN2C(=O)c1ccccc1)c1cc2ccccc2o1. The second-order valence-corrected chi connectivity index (χ2v) is 7.37. The van der Waals surface area contributed by atoms with Crippen LogP contribution in [0.2, 0.25) is 0 Å². The molecule has 0 saturated heterocycles. The van der Waals surface area contributed by atoms with E-state index < -0.39 is 0 Å². The number of rotatable bonds is 3. The van der Waals surface area contributed by atoms with E-state index in [-0.39, 0.29) is 17.6 Å². The molecular formula is C25H20N2O3. The van der Waals surface area contributed by atoms with Crippen LogP contribution < -0.4 is 10.2 Å². The van der Waals surface area contributed by atoms with Crippen molar-refractivity contribution in [2.24, 2.45) is 0 Å². The van der Waals surface area contributed by atoms with Crippen LogP contribution in [0.1, 0.15) is 32.9 Å². The average molecular weight is 396 g/mol. The van der Waals surface area contributed by atoms with Crippen molar-refractivity contribution in [2.45, 2.75) is 12.8 Å². The van der Waals surface area contributed by atoms with Gasteiger partial charge in [0.25, 0.3) is 11.8 Å². The highest BCUT2D eigenvalue weighted by Gasteiger charge is 2.24. The van der Waals surface area contributed by atoms with Gasteiger partial charge in [0, 0.05) is 28.9 Å². The number of furan rings is 1. The van der Waals surface area contributed by atoms with E-state index in [9.17, 15) is 9.59 Å². The second-order valence-electron chi connectivity index (χ2n) is 7.37. The lowest BCUT2D eigenvalue weighted by molar-refractivity contribution is 0.0981. The number of para-hydroxylation sites is 1. The summed E-state index contributed by atoms with van der Waals surface area (Å²) < 4.78 is 5.65. The molecule has 2 amide bonds. The van der Waals surface area contributed by atoms with Gasteiger partial charge in [-0.05, 0) is 60.9 Å². The zero-order valence-corrected chi connectivity index (χ0v) is 16.3. The number of benzene rings is 3. The van der Waals surface area contributed by atoms with Crippen LogP contribution in [0.25, 0.3) is 11.0 Å². The third-order valence-electron chi connectivity index (χ3n) is 5.37. The van der Waals surface area contributed by atoms with Crippen LogP contribution in [0.4, 0.5) is 11.4 Å². The van der Waals surface area contributed by atoms with Gasteiger partial charge in [-0.15, -0.1) is 0 Å². The highest BCUT2D eigenvalue weighted by atomic mass is 16.3. The molecular weight excluding hydrogens is 376 g/mol. The maximum atomic E-state index is 12.9. The number of hydrogen-bond acceptors (Lipinski definition) is 3. The molecule has 2 heterocycles. The molecule has 1 aliphatic rings. The van der Waals surface area contributed by atoms with E-state index in [4.69, 9.17) is 4.42 Å². The standard InChI is InChI=1S/C25H20N2O3/c28-24(23-16-19-9-4-5-11-22(19)30-23)26-20-12-13-21-18(15-20)10-6-14-27(21)25(29)17-7-2-1-3-8-17/h1-5,7-9,11-13,15-16H,6,10,14H2,(H,26,28). The van der Waals surface area contributed by atoms with E-state index in [1.807, 2.05) is 77.7 Å². The maximum absolute atomic E-state index is 12.9. The minimum absolute atomic E-state index is 0.00406. The van der Waals surface area contributed by atoms with Crippen molar-refractivity contribution in [3.63, 3.8) is 0 Å². The molecule has 0 radical (unpaired) electrons. The van der Waals surface area contributed by atoms with Gasteiger partial charge in [0.1, 0.15) is 5.58 Å². The van der Waals surface area contributed by atoms with Crippen molar-refractivity contribution in [1.82, 2.24) is 0 Å². The molecule has 3 aromatic carbocycles. The van der Waals surface area contributed by atoms with Crippen molar-refractivity contribution in [2.75, 3.05) is 16.8 Å². The highest BCUT2D eigenvalue weighted by Crippen LogP contribution is 2.31. The molecule has 0 saturated carbocycles. The van der Waals surface area contributed by atoms with Crippen LogP contribution in [0.15, 0.2) is 83.3 Å². The van der Waals surface area contributed by atoms with Crippen LogP contribution in [-0.2, 0) is 6.42 Å². The summed E-state index contributed by atoms with van der Waals surface area (Å²) in [5.74, 6) is -0.0235. The molecule has 0 fully saturated rings. The lowest BCUT2D eigenvalue weighted by Crippen LogP contribution is -2.35. The fraction of sp³-hybridized carbons (Fsp3) is 0.120. The zero-order chi connectivity index (χ0) is 20.5. The molecule has 1 aromatic heterocycles. The number of carbonyl (C=O) groups excluding carboxylic acids is 2. The van der Waals surface area contributed by atoms with Gasteiger partial charge in [0.05, 0.1) is 0 Å². The third kappa shape index (κ3) is 3.35. The molecule has 0 spiro atoms. The normalized spacial score (nSPS) is 13.1. The zero-order valence-electron chi connectivity index (χ0n) is 16.3. The highest BCUT2D eigenvalue weighted by molar-refractivity contribution is 6.07. The molecule has 0 unspecified atom stereocenters. The van der Waals surface area contributed by atoms with E-state index >= 15 is 0 Å². The molecule has 30 heavy (non-hydrogen) atoms. The molecule has 1 aliphatic heterocycles. The van der Waals surface area contributed by atoms with Gasteiger partial charge >= 0.3 is 0 Å². The Morgan fingerprint density at radius 2 is 1.70 bits per heavy atom. The first-order valence-electron chi connectivity index (χ1n) is 9.99. The number of amides is 2. The fourth-order valence-electron chi connectivity index (χ4n) is 3.91. The van der Waals surface area contributed by atoms with Crippen molar-refractivity contribution in [3.8, 4) is 0 Å². The smallest absolute Gasteiger partial charge is 0.291 e. The molecule has 5 heteroatoms. The molecule has 5 nitrogen and oxygen atoms in total. The van der Waals surface area contributed by atoms with E-state index in [2.05, 4.69) is 5.32 Å². The number of aryl methyl sites for hydroxylation is 1. The first-order valence-corrected chi connectivity index (χ1v) is 9.99. The molecule has 1 N–H and O–H groups in total. The number of nitrogens with zero attached hydrogens (tertiary/aromatic N) is 1. The van der Waals surface area contributed by atoms with Crippen molar-refractivity contribution in [3.05, 3.63) is 95.7 Å². The average Bonchev–Trinajstić information content (AvgIpc) is 3.23. The van der Waals surface area contributed by atoms with Crippen LogP contribution >= 0.6 is 0 Å². The number of anilines is 2. The summed E-state index contributed by atoms with van der Waals surface area (Å²) in [6.45, 7) is 0.686. The Kier molecular flexibility index (Phi) is 4.56. The van der Waals surface area contributed by atoms with E-state index in [0.29, 0.717) is 23.4 Å². The Morgan fingerprint density at radius 3 is 2.53 bits per heavy atom. The van der Waals surface area contributed by atoms with E-state index in [0.717, 1.165) is 29.5 Å². The van der Waals surface area contributed by atoms with Crippen LogP contribution in [0.5, 0.6) is 0 Å². The van der Waals surface area contributed by atoms with Gasteiger partial charge in [0.15, 0.2) is 5.76 Å². The molecule has 0 bridgehead atoms. The van der Waals surface area contributed by atoms with Crippen LogP contribution in [0.3, 0.4) is 0 Å². The van der Waals surface area contributed by atoms with Gasteiger partial charge in [-0.3, -0.25) is 9.59 Å². The largest absolute Gasteiger partial charge is 0.451 e. The number of hydrogen-bond donors (Lipinski definition) is 1. The predicted octanol–water partition coefficient (Wildman–Crippen LogP) is 5.28. The summed E-state index contributed by atoms with van der Waals surface area (Å²) in [5, 5.41) is 3.80. The van der Waals surface area contributed by atoms with Gasteiger partial charge in [-0.1, -0.05) is 36.4 Å². The first kappa shape index (κ1) is 18.2. The lowest BCUT2D eigenvalue weighted by atomic mass is 10.00. The van der Waals surface area contributed by atoms with Crippen molar-refractivity contribution < 1.29 is 14.0 Å². The Morgan fingerprint density at radius 1 is 0.900 bits per heavy atom. The summed E-state index contributed by atoms with van der Waals surface area (Å²) in [7, 11) is 0. The van der Waals surface area contributed by atoms with Crippen LogP contribution in [-0.4, -0.2) is 18.4 Å². The molecule has 0 aliphatic carbocycles. The van der Waals surface area contributed by atoms with Gasteiger partial charge in [-0.2, -0.15) is 0 Å². The summed E-state index contributed by atoms with van der Waals surface area (Å²) in [5.41, 5.74) is 3.99. The molecule has 0 atom stereocenters. The van der Waals surface area contributed by atoms with Crippen molar-refractivity contribution in [1.29, 1.82) is 0 Å². The number of nitrogens with one attached hydrogen (secondary N) is 1.